The Morgan fingerprint density at radius 1 is 0.968 bits per heavy atom. The van der Waals surface area contributed by atoms with E-state index in [2.05, 4.69) is 5.32 Å². The average Bonchev–Trinajstić information content (AvgIpc) is 3.01. The van der Waals surface area contributed by atoms with E-state index in [4.69, 9.17) is 14.2 Å². The third kappa shape index (κ3) is 5.55. The smallest absolute Gasteiger partial charge is 0.262 e. The predicted molar refractivity (Wildman–Crippen MR) is 110 cm³/mol. The van der Waals surface area contributed by atoms with Gasteiger partial charge in [0.1, 0.15) is 6.04 Å². The molecule has 168 valence electrons. The molecule has 0 aliphatic carbocycles. The molecular formula is C22H28N2O7. The Hall–Kier alpha value is -2.62. The lowest BCUT2D eigenvalue weighted by Crippen LogP contribution is -2.54. The van der Waals surface area contributed by atoms with E-state index in [-0.39, 0.29) is 12.8 Å². The van der Waals surface area contributed by atoms with E-state index in [1.165, 1.54) is 0 Å². The summed E-state index contributed by atoms with van der Waals surface area (Å²) in [5, 5.41) is 2.20. The molecule has 2 heterocycles. The Bertz CT molecular complexity index is 839. The van der Waals surface area contributed by atoms with Gasteiger partial charge in [-0.1, -0.05) is 12.1 Å². The normalized spacial score (nSPS) is 18.5. The van der Waals surface area contributed by atoms with Gasteiger partial charge in [0.15, 0.2) is 0 Å². The third-order valence-electron chi connectivity index (χ3n) is 5.24. The maximum Gasteiger partial charge on any atom is 0.262 e. The fourth-order valence-corrected chi connectivity index (χ4v) is 3.74. The predicted octanol–water partition coefficient (Wildman–Crippen LogP) is 1.09. The Labute approximate surface area is 181 Å². The zero-order chi connectivity index (χ0) is 22.2. The Balaban J connectivity index is 1.51. The number of carbonyl (C=O) groups is 4. The number of imide groups is 2. The van der Waals surface area contributed by atoms with Gasteiger partial charge in [0.2, 0.25) is 11.8 Å². The van der Waals surface area contributed by atoms with Crippen LogP contribution in [0, 0.1) is 0 Å². The largest absolute Gasteiger partial charge is 0.379 e. The molecule has 1 aromatic rings. The van der Waals surface area contributed by atoms with E-state index in [0.717, 1.165) is 10.5 Å². The van der Waals surface area contributed by atoms with Crippen LogP contribution < -0.4 is 5.32 Å². The van der Waals surface area contributed by atoms with Gasteiger partial charge < -0.3 is 14.2 Å². The molecule has 4 amide bonds. The zero-order valence-electron chi connectivity index (χ0n) is 17.7. The van der Waals surface area contributed by atoms with Gasteiger partial charge in [0, 0.05) is 19.6 Å². The second-order valence-corrected chi connectivity index (χ2v) is 7.31. The van der Waals surface area contributed by atoms with Crippen LogP contribution in [0.2, 0.25) is 0 Å². The van der Waals surface area contributed by atoms with Gasteiger partial charge in [-0.25, -0.2) is 0 Å². The van der Waals surface area contributed by atoms with Crippen LogP contribution in [-0.2, 0) is 30.2 Å². The van der Waals surface area contributed by atoms with Gasteiger partial charge >= 0.3 is 0 Å². The van der Waals surface area contributed by atoms with Crippen molar-refractivity contribution in [3.8, 4) is 0 Å². The first-order valence-corrected chi connectivity index (χ1v) is 10.6. The number of hydrogen-bond acceptors (Lipinski definition) is 7. The molecule has 0 saturated carbocycles. The monoisotopic (exact) mass is 432 g/mol. The maximum atomic E-state index is 13.0. The number of rotatable bonds is 12. The SMILES string of the molecule is CCOCCOCCOCCCc1cccc2c1C(=O)N(C1CCC(=O)NC1=O)C2=O. The van der Waals surface area contributed by atoms with E-state index in [1.54, 1.807) is 12.1 Å². The van der Waals surface area contributed by atoms with Crippen molar-refractivity contribution in [2.75, 3.05) is 39.6 Å². The van der Waals surface area contributed by atoms with Gasteiger partial charge in [-0.2, -0.15) is 0 Å². The fourth-order valence-electron chi connectivity index (χ4n) is 3.74. The van der Waals surface area contributed by atoms with Crippen LogP contribution >= 0.6 is 0 Å². The first-order chi connectivity index (χ1) is 15.0. The van der Waals surface area contributed by atoms with Crippen LogP contribution in [0.15, 0.2) is 18.2 Å². The summed E-state index contributed by atoms with van der Waals surface area (Å²) >= 11 is 0. The minimum Gasteiger partial charge on any atom is -0.379 e. The van der Waals surface area contributed by atoms with Crippen molar-refractivity contribution < 1.29 is 33.4 Å². The number of piperidine rings is 1. The molecule has 2 aliphatic heterocycles. The van der Waals surface area contributed by atoms with Gasteiger partial charge in [0.25, 0.3) is 11.8 Å². The van der Waals surface area contributed by atoms with Gasteiger partial charge in [0.05, 0.1) is 37.6 Å². The summed E-state index contributed by atoms with van der Waals surface area (Å²) in [6, 6.07) is 4.19. The molecular weight excluding hydrogens is 404 g/mol. The lowest BCUT2D eigenvalue weighted by atomic mass is 9.99. The summed E-state index contributed by atoms with van der Waals surface area (Å²) in [6.07, 6.45) is 1.49. The molecule has 2 aliphatic rings. The topological polar surface area (TPSA) is 111 Å². The summed E-state index contributed by atoms with van der Waals surface area (Å²) in [6.45, 7) is 5.16. The molecule has 0 radical (unpaired) electrons. The molecule has 1 unspecified atom stereocenters. The molecule has 1 aromatic carbocycles. The molecule has 1 saturated heterocycles. The van der Waals surface area contributed by atoms with Crippen molar-refractivity contribution in [3.05, 3.63) is 34.9 Å². The number of nitrogens with zero attached hydrogens (tertiary/aromatic N) is 1. The van der Waals surface area contributed by atoms with Crippen molar-refractivity contribution in [1.29, 1.82) is 0 Å². The van der Waals surface area contributed by atoms with Gasteiger partial charge in [-0.3, -0.25) is 29.4 Å². The van der Waals surface area contributed by atoms with Crippen LogP contribution in [-0.4, -0.2) is 74.2 Å². The van der Waals surface area contributed by atoms with E-state index < -0.39 is 29.7 Å². The first-order valence-electron chi connectivity index (χ1n) is 10.6. The minimum absolute atomic E-state index is 0.101. The van der Waals surface area contributed by atoms with E-state index in [9.17, 15) is 19.2 Å². The quantitative estimate of drug-likeness (QED) is 0.389. The third-order valence-corrected chi connectivity index (χ3v) is 5.24. The summed E-state index contributed by atoms with van der Waals surface area (Å²) in [7, 11) is 0. The van der Waals surface area contributed by atoms with Crippen molar-refractivity contribution in [2.24, 2.45) is 0 Å². The average molecular weight is 432 g/mol. The molecule has 3 rings (SSSR count). The number of carbonyl (C=O) groups excluding carboxylic acids is 4. The van der Waals surface area contributed by atoms with Crippen molar-refractivity contribution in [1.82, 2.24) is 10.2 Å². The highest BCUT2D eigenvalue weighted by Crippen LogP contribution is 2.30. The fraction of sp³-hybridized carbons (Fsp3) is 0.545. The second-order valence-electron chi connectivity index (χ2n) is 7.31. The van der Waals surface area contributed by atoms with Crippen LogP contribution in [0.4, 0.5) is 0 Å². The van der Waals surface area contributed by atoms with Crippen molar-refractivity contribution in [2.45, 2.75) is 38.6 Å². The molecule has 9 nitrogen and oxygen atoms in total. The lowest BCUT2D eigenvalue weighted by Gasteiger charge is -2.27. The summed E-state index contributed by atoms with van der Waals surface area (Å²) < 4.78 is 16.1. The van der Waals surface area contributed by atoms with Crippen LogP contribution in [0.5, 0.6) is 0 Å². The first kappa shape index (κ1) is 23.1. The second kappa shape index (κ2) is 11.1. The Morgan fingerprint density at radius 2 is 1.68 bits per heavy atom. The summed E-state index contributed by atoms with van der Waals surface area (Å²) in [4.78, 5) is 50.4. The number of fused-ring (bicyclic) bond motifs is 1. The van der Waals surface area contributed by atoms with E-state index in [0.29, 0.717) is 63.6 Å². The number of nitrogens with one attached hydrogen (secondary N) is 1. The van der Waals surface area contributed by atoms with E-state index in [1.807, 2.05) is 13.0 Å². The Morgan fingerprint density at radius 3 is 2.39 bits per heavy atom. The highest BCUT2D eigenvalue weighted by atomic mass is 16.5. The number of aryl methyl sites for hydroxylation is 1. The minimum atomic E-state index is -0.955. The highest BCUT2D eigenvalue weighted by Gasteiger charge is 2.45. The molecule has 0 spiro atoms. The van der Waals surface area contributed by atoms with Gasteiger partial charge in [-0.15, -0.1) is 0 Å². The molecule has 9 heteroatoms. The Kier molecular flexibility index (Phi) is 8.27. The van der Waals surface area contributed by atoms with Crippen LogP contribution in [0.1, 0.15) is 52.5 Å². The number of ether oxygens (including phenoxy) is 3. The molecule has 1 atom stereocenters. The highest BCUT2D eigenvalue weighted by molar-refractivity contribution is 6.24. The number of hydrogen-bond donors (Lipinski definition) is 1. The number of amides is 4. The van der Waals surface area contributed by atoms with Crippen molar-refractivity contribution >= 4 is 23.6 Å². The van der Waals surface area contributed by atoms with E-state index >= 15 is 0 Å². The summed E-state index contributed by atoms with van der Waals surface area (Å²) in [5.74, 6) is -1.96. The molecule has 1 fully saturated rings. The van der Waals surface area contributed by atoms with Crippen LogP contribution in [0.3, 0.4) is 0 Å². The zero-order valence-corrected chi connectivity index (χ0v) is 17.7. The standard InChI is InChI=1S/C22H28N2O7/c1-2-29-11-12-31-14-13-30-10-4-6-15-5-3-7-16-19(15)22(28)24(21(16)27)17-8-9-18(25)23-20(17)26/h3,5,7,17H,2,4,6,8-14H2,1H3,(H,23,25,26). The molecule has 0 bridgehead atoms. The lowest BCUT2D eigenvalue weighted by molar-refractivity contribution is -0.136. The number of benzene rings is 1. The van der Waals surface area contributed by atoms with Crippen molar-refractivity contribution in [3.63, 3.8) is 0 Å². The van der Waals surface area contributed by atoms with Crippen LogP contribution in [0.25, 0.3) is 0 Å². The molecule has 0 aromatic heterocycles. The molecule has 31 heavy (non-hydrogen) atoms. The summed E-state index contributed by atoms with van der Waals surface area (Å²) in [5.41, 5.74) is 1.40. The van der Waals surface area contributed by atoms with Gasteiger partial charge in [-0.05, 0) is 37.8 Å². The molecule has 1 N–H and O–H groups in total. The maximum absolute atomic E-state index is 13.0.